The second-order valence-corrected chi connectivity index (χ2v) is 4.51. The molecular formula is C12H23NO3. The van der Waals surface area contributed by atoms with Gasteiger partial charge in [-0.05, 0) is 19.8 Å². The maximum Gasteiger partial charge on any atom is 0.323 e. The zero-order valence-corrected chi connectivity index (χ0v) is 10.3. The molecule has 0 spiro atoms. The number of ether oxygens (including phenoxy) is 2. The highest BCUT2D eigenvalue weighted by Gasteiger charge is 2.23. The number of carbonyl (C=O) groups is 1. The Balaban J connectivity index is 2.48. The van der Waals surface area contributed by atoms with Crippen molar-refractivity contribution in [3.05, 3.63) is 0 Å². The number of esters is 1. The molecule has 0 aromatic rings. The minimum absolute atomic E-state index is 0.0986. The maximum absolute atomic E-state index is 11.4. The van der Waals surface area contributed by atoms with E-state index in [2.05, 4.69) is 6.92 Å². The highest BCUT2D eigenvalue weighted by molar-refractivity contribution is 5.75. The van der Waals surface area contributed by atoms with Crippen LogP contribution in [0, 0.1) is 0 Å². The standard InChI is InChI=1S/C12H23NO3/c1-3-4-5-10-8-9(2)16-12(14)11(13)6-7-15-10/h9-11H,3-8,13H2,1-2H3/t9?,10?,11-/m0/s1. The Bertz CT molecular complexity index is 220. The van der Waals surface area contributed by atoms with Crippen molar-refractivity contribution in [3.8, 4) is 0 Å². The molecule has 4 heteroatoms. The van der Waals surface area contributed by atoms with Crippen molar-refractivity contribution in [2.75, 3.05) is 6.61 Å². The zero-order valence-electron chi connectivity index (χ0n) is 10.3. The Kier molecular flexibility index (Phi) is 5.77. The van der Waals surface area contributed by atoms with Gasteiger partial charge in [0.05, 0.1) is 6.10 Å². The van der Waals surface area contributed by atoms with Crippen LogP contribution < -0.4 is 5.73 Å². The molecule has 0 aliphatic carbocycles. The summed E-state index contributed by atoms with van der Waals surface area (Å²) in [6.45, 7) is 4.62. The van der Waals surface area contributed by atoms with Crippen molar-refractivity contribution < 1.29 is 14.3 Å². The lowest BCUT2D eigenvalue weighted by Crippen LogP contribution is -2.34. The van der Waals surface area contributed by atoms with Crippen molar-refractivity contribution in [1.82, 2.24) is 0 Å². The number of carbonyl (C=O) groups excluding carboxylic acids is 1. The van der Waals surface area contributed by atoms with Crippen LogP contribution >= 0.6 is 0 Å². The molecule has 1 rings (SSSR count). The summed E-state index contributed by atoms with van der Waals surface area (Å²) in [5.41, 5.74) is 5.67. The van der Waals surface area contributed by atoms with Crippen LogP contribution in [0.3, 0.4) is 0 Å². The maximum atomic E-state index is 11.4. The molecule has 1 aliphatic rings. The second kappa shape index (κ2) is 6.86. The third-order valence-corrected chi connectivity index (χ3v) is 2.88. The molecule has 0 aromatic heterocycles. The Labute approximate surface area is 97.5 Å². The second-order valence-electron chi connectivity index (χ2n) is 4.51. The summed E-state index contributed by atoms with van der Waals surface area (Å²) in [6, 6.07) is -0.535. The third-order valence-electron chi connectivity index (χ3n) is 2.88. The van der Waals surface area contributed by atoms with E-state index in [1.807, 2.05) is 6.92 Å². The molecule has 1 aliphatic heterocycles. The summed E-state index contributed by atoms with van der Waals surface area (Å²) in [5.74, 6) is -0.299. The number of cyclic esters (lactones) is 1. The summed E-state index contributed by atoms with van der Waals surface area (Å²) in [5, 5.41) is 0. The molecule has 0 saturated carbocycles. The van der Waals surface area contributed by atoms with E-state index >= 15 is 0 Å². The first-order chi connectivity index (χ1) is 7.63. The quantitative estimate of drug-likeness (QED) is 0.747. The molecule has 1 saturated heterocycles. The van der Waals surface area contributed by atoms with Crippen LogP contribution in [0.25, 0.3) is 0 Å². The van der Waals surface area contributed by atoms with Gasteiger partial charge in [0.2, 0.25) is 0 Å². The highest BCUT2D eigenvalue weighted by Crippen LogP contribution is 2.16. The number of hydrogen-bond donors (Lipinski definition) is 1. The topological polar surface area (TPSA) is 61.5 Å². The van der Waals surface area contributed by atoms with Gasteiger partial charge in [-0.3, -0.25) is 4.79 Å². The van der Waals surface area contributed by atoms with Gasteiger partial charge in [-0.1, -0.05) is 19.8 Å². The summed E-state index contributed by atoms with van der Waals surface area (Å²) < 4.78 is 11.0. The molecular weight excluding hydrogens is 206 g/mol. The monoisotopic (exact) mass is 229 g/mol. The normalized spacial score (nSPS) is 32.4. The van der Waals surface area contributed by atoms with Crippen LogP contribution in [0.1, 0.15) is 46.0 Å². The first-order valence-corrected chi connectivity index (χ1v) is 6.21. The van der Waals surface area contributed by atoms with Gasteiger partial charge in [-0.2, -0.15) is 0 Å². The van der Waals surface area contributed by atoms with Crippen LogP contribution in [0.5, 0.6) is 0 Å². The van der Waals surface area contributed by atoms with Crippen molar-refractivity contribution in [1.29, 1.82) is 0 Å². The largest absolute Gasteiger partial charge is 0.461 e. The van der Waals surface area contributed by atoms with Gasteiger partial charge in [0.25, 0.3) is 0 Å². The molecule has 2 N–H and O–H groups in total. The minimum atomic E-state index is -0.535. The summed E-state index contributed by atoms with van der Waals surface area (Å²) in [6.07, 6.45) is 4.78. The molecule has 3 atom stereocenters. The molecule has 4 nitrogen and oxygen atoms in total. The third kappa shape index (κ3) is 4.49. The summed E-state index contributed by atoms with van der Waals surface area (Å²) in [7, 11) is 0. The van der Waals surface area contributed by atoms with Crippen molar-refractivity contribution in [2.45, 2.75) is 64.2 Å². The van der Waals surface area contributed by atoms with Crippen LogP contribution in [0.2, 0.25) is 0 Å². The zero-order chi connectivity index (χ0) is 12.0. The van der Waals surface area contributed by atoms with Gasteiger partial charge in [0.15, 0.2) is 0 Å². The van der Waals surface area contributed by atoms with E-state index in [1.54, 1.807) is 0 Å². The van der Waals surface area contributed by atoms with Crippen LogP contribution in [0.4, 0.5) is 0 Å². The van der Waals surface area contributed by atoms with Crippen molar-refractivity contribution in [2.24, 2.45) is 5.73 Å². The van der Waals surface area contributed by atoms with Crippen molar-refractivity contribution in [3.63, 3.8) is 0 Å². The lowest BCUT2D eigenvalue weighted by atomic mass is 10.1. The van der Waals surface area contributed by atoms with Gasteiger partial charge < -0.3 is 15.2 Å². The van der Waals surface area contributed by atoms with Gasteiger partial charge in [-0.15, -0.1) is 0 Å². The molecule has 94 valence electrons. The highest BCUT2D eigenvalue weighted by atomic mass is 16.5. The predicted octanol–water partition coefficient (Wildman–Crippen LogP) is 1.61. The Morgan fingerprint density at radius 1 is 1.50 bits per heavy atom. The SMILES string of the molecule is CCCCC1CC(C)OC(=O)[C@@H](N)CCO1. The predicted molar refractivity (Wildman–Crippen MR) is 62.0 cm³/mol. The van der Waals surface area contributed by atoms with E-state index in [4.69, 9.17) is 15.2 Å². The lowest BCUT2D eigenvalue weighted by Gasteiger charge is -2.19. The molecule has 1 fully saturated rings. The Hall–Kier alpha value is -0.610. The van der Waals surface area contributed by atoms with Gasteiger partial charge in [0, 0.05) is 13.0 Å². The molecule has 0 bridgehead atoms. The summed E-state index contributed by atoms with van der Waals surface area (Å²) >= 11 is 0. The van der Waals surface area contributed by atoms with Crippen LogP contribution in [0.15, 0.2) is 0 Å². The van der Waals surface area contributed by atoms with Gasteiger partial charge in [0.1, 0.15) is 12.1 Å². The van der Waals surface area contributed by atoms with E-state index in [0.29, 0.717) is 13.0 Å². The van der Waals surface area contributed by atoms with E-state index in [0.717, 1.165) is 25.7 Å². The Morgan fingerprint density at radius 3 is 2.94 bits per heavy atom. The molecule has 2 unspecified atom stereocenters. The van der Waals surface area contributed by atoms with E-state index in [1.165, 1.54) is 0 Å². The number of unbranched alkanes of at least 4 members (excludes halogenated alkanes) is 1. The molecule has 1 heterocycles. The lowest BCUT2D eigenvalue weighted by molar-refractivity contribution is -0.150. The smallest absolute Gasteiger partial charge is 0.323 e. The fourth-order valence-electron chi connectivity index (χ4n) is 1.88. The first kappa shape index (κ1) is 13.5. The average molecular weight is 229 g/mol. The van der Waals surface area contributed by atoms with E-state index in [-0.39, 0.29) is 18.2 Å². The summed E-state index contributed by atoms with van der Waals surface area (Å²) in [4.78, 5) is 11.4. The number of nitrogens with two attached hydrogens (primary N) is 1. The molecule has 0 amide bonds. The number of rotatable bonds is 3. The minimum Gasteiger partial charge on any atom is -0.461 e. The van der Waals surface area contributed by atoms with Crippen LogP contribution in [-0.2, 0) is 14.3 Å². The molecule has 0 aromatic carbocycles. The average Bonchev–Trinajstić information content (AvgIpc) is 2.29. The van der Waals surface area contributed by atoms with E-state index in [9.17, 15) is 4.79 Å². The molecule has 0 radical (unpaired) electrons. The van der Waals surface area contributed by atoms with Crippen molar-refractivity contribution >= 4 is 5.97 Å². The molecule has 16 heavy (non-hydrogen) atoms. The fourth-order valence-corrected chi connectivity index (χ4v) is 1.88. The van der Waals surface area contributed by atoms with Gasteiger partial charge in [-0.25, -0.2) is 0 Å². The first-order valence-electron chi connectivity index (χ1n) is 6.21. The number of hydrogen-bond acceptors (Lipinski definition) is 4. The van der Waals surface area contributed by atoms with Gasteiger partial charge >= 0.3 is 5.97 Å². The van der Waals surface area contributed by atoms with E-state index < -0.39 is 6.04 Å². The fraction of sp³-hybridized carbons (Fsp3) is 0.917. The Morgan fingerprint density at radius 2 is 2.25 bits per heavy atom. The van der Waals surface area contributed by atoms with Crippen LogP contribution in [-0.4, -0.2) is 30.8 Å².